The van der Waals surface area contributed by atoms with Gasteiger partial charge in [0.25, 0.3) is 5.91 Å². The third-order valence-electron chi connectivity index (χ3n) is 6.89. The van der Waals surface area contributed by atoms with Crippen molar-refractivity contribution in [3.05, 3.63) is 88.9 Å². The quantitative estimate of drug-likeness (QED) is 0.470. The van der Waals surface area contributed by atoms with Crippen LogP contribution in [-0.4, -0.2) is 56.2 Å². The first-order valence-corrected chi connectivity index (χ1v) is 11.6. The third-order valence-corrected chi connectivity index (χ3v) is 6.89. The number of amides is 1. The van der Waals surface area contributed by atoms with E-state index in [4.69, 9.17) is 0 Å². The van der Waals surface area contributed by atoms with Gasteiger partial charge in [-0.1, -0.05) is 30.3 Å². The summed E-state index contributed by atoms with van der Waals surface area (Å²) in [6.45, 7) is 9.32. The molecule has 33 heavy (non-hydrogen) atoms. The van der Waals surface area contributed by atoms with Crippen molar-refractivity contribution in [2.75, 3.05) is 26.2 Å². The van der Waals surface area contributed by atoms with Crippen LogP contribution in [0.5, 0.6) is 0 Å². The number of carbonyl (C=O) groups is 1. The number of nitrogens with zero attached hydrogens (tertiary/aromatic N) is 5. The molecule has 1 aliphatic rings. The van der Waals surface area contributed by atoms with Crippen LogP contribution in [0.15, 0.2) is 60.9 Å². The molecule has 0 bridgehead atoms. The highest BCUT2D eigenvalue weighted by atomic mass is 16.2. The van der Waals surface area contributed by atoms with Crippen molar-refractivity contribution in [1.82, 2.24) is 24.1 Å². The van der Waals surface area contributed by atoms with Crippen LogP contribution >= 0.6 is 0 Å². The summed E-state index contributed by atoms with van der Waals surface area (Å²) in [6, 6.07) is 16.7. The number of rotatable bonds is 5. The number of fused-ring (bicyclic) bond motifs is 1. The highest BCUT2D eigenvalue weighted by Crippen LogP contribution is 2.28. The molecule has 6 heteroatoms. The lowest BCUT2D eigenvalue weighted by Crippen LogP contribution is -2.48. The van der Waals surface area contributed by atoms with E-state index in [2.05, 4.69) is 71.0 Å². The predicted octanol–water partition coefficient (Wildman–Crippen LogP) is 4.00. The van der Waals surface area contributed by atoms with Gasteiger partial charge in [-0.05, 0) is 43.2 Å². The fourth-order valence-corrected chi connectivity index (χ4v) is 4.86. The molecule has 1 amide bonds. The minimum Gasteiger partial charge on any atom is -0.340 e. The number of carbonyl (C=O) groups excluding carboxylic acids is 1. The van der Waals surface area contributed by atoms with Gasteiger partial charge in [0.1, 0.15) is 0 Å². The number of benzene rings is 2. The number of aromatic nitrogens is 3. The zero-order valence-corrected chi connectivity index (χ0v) is 19.7. The lowest BCUT2D eigenvalue weighted by Gasteiger charge is -2.34. The average molecular weight is 442 g/mol. The van der Waals surface area contributed by atoms with Gasteiger partial charge in [0.2, 0.25) is 0 Å². The zero-order valence-electron chi connectivity index (χ0n) is 19.7. The molecule has 3 heterocycles. The van der Waals surface area contributed by atoms with E-state index in [9.17, 15) is 4.79 Å². The highest BCUT2D eigenvalue weighted by molar-refractivity contribution is 5.99. The lowest BCUT2D eigenvalue weighted by molar-refractivity contribution is 0.0628. The summed E-state index contributed by atoms with van der Waals surface area (Å²) in [7, 11) is 1.94. The van der Waals surface area contributed by atoms with Crippen LogP contribution in [-0.2, 0) is 20.1 Å². The van der Waals surface area contributed by atoms with Crippen LogP contribution in [0, 0.1) is 13.8 Å². The Bertz CT molecular complexity index is 1280. The molecule has 1 aliphatic heterocycles. The molecule has 170 valence electrons. The first-order valence-electron chi connectivity index (χ1n) is 11.6. The largest absolute Gasteiger partial charge is 0.340 e. The maximum atomic E-state index is 13.3. The third kappa shape index (κ3) is 4.31. The van der Waals surface area contributed by atoms with Gasteiger partial charge in [0.05, 0.1) is 6.20 Å². The smallest absolute Gasteiger partial charge is 0.253 e. The summed E-state index contributed by atoms with van der Waals surface area (Å²) >= 11 is 0. The summed E-state index contributed by atoms with van der Waals surface area (Å²) in [5, 5.41) is 5.42. The van der Waals surface area contributed by atoms with Gasteiger partial charge >= 0.3 is 0 Å². The molecule has 4 aromatic rings. The maximum absolute atomic E-state index is 13.3. The SMILES string of the molecule is Cc1c(C)n(Cc2ccccc2)c2ccc(C(=O)N3CCN(Cc4cnn(C)c4)CC3)cc12. The van der Waals surface area contributed by atoms with E-state index < -0.39 is 0 Å². The van der Waals surface area contributed by atoms with E-state index in [1.54, 1.807) is 0 Å². The highest BCUT2D eigenvalue weighted by Gasteiger charge is 2.23. The second-order valence-corrected chi connectivity index (χ2v) is 9.10. The fourth-order valence-electron chi connectivity index (χ4n) is 4.86. The van der Waals surface area contributed by atoms with Crippen molar-refractivity contribution in [2.45, 2.75) is 26.9 Å². The molecule has 6 nitrogen and oxygen atoms in total. The van der Waals surface area contributed by atoms with Crippen molar-refractivity contribution < 1.29 is 4.79 Å². The Labute approximate surface area is 195 Å². The predicted molar refractivity (Wildman–Crippen MR) is 131 cm³/mol. The summed E-state index contributed by atoms with van der Waals surface area (Å²) in [5.41, 5.74) is 6.96. The van der Waals surface area contributed by atoms with E-state index in [1.807, 2.05) is 35.0 Å². The first kappa shape index (κ1) is 21.5. The molecule has 0 saturated carbocycles. The Balaban J connectivity index is 1.31. The molecule has 1 fully saturated rings. The van der Waals surface area contributed by atoms with Gasteiger partial charge in [-0.3, -0.25) is 14.4 Å². The van der Waals surface area contributed by atoms with Crippen molar-refractivity contribution >= 4 is 16.8 Å². The van der Waals surface area contributed by atoms with Gasteiger partial charge in [0.15, 0.2) is 0 Å². The van der Waals surface area contributed by atoms with Crippen molar-refractivity contribution in [3.63, 3.8) is 0 Å². The normalized spacial score (nSPS) is 14.8. The van der Waals surface area contributed by atoms with Crippen molar-refractivity contribution in [2.24, 2.45) is 7.05 Å². The van der Waals surface area contributed by atoms with Crippen LogP contribution < -0.4 is 0 Å². The molecule has 0 atom stereocenters. The van der Waals surface area contributed by atoms with Crippen LogP contribution in [0.4, 0.5) is 0 Å². The zero-order chi connectivity index (χ0) is 22.9. The van der Waals surface area contributed by atoms with Crippen molar-refractivity contribution in [1.29, 1.82) is 0 Å². The van der Waals surface area contributed by atoms with Gasteiger partial charge in [-0.25, -0.2) is 0 Å². The fraction of sp³-hybridized carbons (Fsp3) is 0.333. The number of hydrogen-bond donors (Lipinski definition) is 0. The Morgan fingerprint density at radius 1 is 0.939 bits per heavy atom. The first-order chi connectivity index (χ1) is 16.0. The Kier molecular flexibility index (Phi) is 5.77. The summed E-state index contributed by atoms with van der Waals surface area (Å²) in [4.78, 5) is 17.7. The molecule has 5 rings (SSSR count). The number of hydrogen-bond acceptors (Lipinski definition) is 3. The molecule has 1 saturated heterocycles. The standard InChI is InChI=1S/C27H31N5O/c1-20-21(2)32(19-22-7-5-4-6-8-22)26-10-9-24(15-25(20)26)27(33)31-13-11-30(12-14-31)18-23-16-28-29(3)17-23/h4-10,15-17H,11-14,18-19H2,1-3H3. The van der Waals surface area contributed by atoms with Gasteiger partial charge in [-0.15, -0.1) is 0 Å². The Morgan fingerprint density at radius 2 is 1.70 bits per heavy atom. The molecule has 0 radical (unpaired) electrons. The Morgan fingerprint density at radius 3 is 2.39 bits per heavy atom. The van der Waals surface area contributed by atoms with Crippen LogP contribution in [0.3, 0.4) is 0 Å². The lowest BCUT2D eigenvalue weighted by atomic mass is 10.1. The molecular formula is C27H31N5O. The molecule has 0 N–H and O–H groups in total. The second-order valence-electron chi connectivity index (χ2n) is 9.10. The van der Waals surface area contributed by atoms with E-state index in [-0.39, 0.29) is 5.91 Å². The van der Waals surface area contributed by atoms with Gasteiger partial charge in [0, 0.05) is 80.2 Å². The summed E-state index contributed by atoms with van der Waals surface area (Å²) in [6.07, 6.45) is 3.97. The van der Waals surface area contributed by atoms with Crippen molar-refractivity contribution in [3.8, 4) is 0 Å². The van der Waals surface area contributed by atoms with E-state index >= 15 is 0 Å². The molecule has 0 unspecified atom stereocenters. The molecule has 2 aromatic carbocycles. The van der Waals surface area contributed by atoms with E-state index in [0.717, 1.165) is 44.8 Å². The monoisotopic (exact) mass is 441 g/mol. The molecule has 2 aromatic heterocycles. The molecule has 0 aliphatic carbocycles. The number of aryl methyl sites for hydroxylation is 2. The molecular weight excluding hydrogens is 410 g/mol. The topological polar surface area (TPSA) is 46.3 Å². The maximum Gasteiger partial charge on any atom is 0.253 e. The summed E-state index contributed by atoms with van der Waals surface area (Å²) < 4.78 is 4.19. The van der Waals surface area contributed by atoms with E-state index in [1.165, 1.54) is 33.3 Å². The molecule has 0 spiro atoms. The van der Waals surface area contributed by atoms with Gasteiger partial charge in [-0.2, -0.15) is 5.10 Å². The minimum absolute atomic E-state index is 0.130. The summed E-state index contributed by atoms with van der Waals surface area (Å²) in [5.74, 6) is 0.130. The van der Waals surface area contributed by atoms with Crippen LogP contribution in [0.25, 0.3) is 10.9 Å². The second kappa shape index (κ2) is 8.87. The van der Waals surface area contributed by atoms with Crippen LogP contribution in [0.2, 0.25) is 0 Å². The van der Waals surface area contributed by atoms with E-state index in [0.29, 0.717) is 0 Å². The minimum atomic E-state index is 0.130. The average Bonchev–Trinajstić information content (AvgIpc) is 3.35. The number of piperazine rings is 1. The van der Waals surface area contributed by atoms with Gasteiger partial charge < -0.3 is 9.47 Å². The van der Waals surface area contributed by atoms with Crippen LogP contribution in [0.1, 0.15) is 32.7 Å². The Hall–Kier alpha value is -3.38.